The Labute approximate surface area is 85.7 Å². The maximum atomic E-state index is 12.6. The number of carboxylic acid groups (broad SMARTS) is 1. The summed E-state index contributed by atoms with van der Waals surface area (Å²) in [4.78, 5) is 10.9. The lowest BCUT2D eigenvalue weighted by atomic mass is 9.84. The Morgan fingerprint density at radius 3 is 3.00 bits per heavy atom. The standard InChI is InChI=1S/C10H11FO4/c11-3-5-1-2-6-7(9(12)13)4-15-10(14)8(5)6/h1,4,6,8,10,14H,2-3H2,(H,12,13)/t6-,8+,10?/m1/s1. The zero-order chi connectivity index (χ0) is 11.0. The number of allylic oxidation sites excluding steroid dienone is 1. The second-order valence-corrected chi connectivity index (χ2v) is 3.69. The lowest BCUT2D eigenvalue weighted by Gasteiger charge is -2.30. The van der Waals surface area contributed by atoms with Crippen molar-refractivity contribution in [2.75, 3.05) is 6.67 Å². The van der Waals surface area contributed by atoms with Crippen LogP contribution < -0.4 is 0 Å². The molecule has 2 N–H and O–H groups in total. The van der Waals surface area contributed by atoms with E-state index in [9.17, 15) is 14.3 Å². The zero-order valence-corrected chi connectivity index (χ0v) is 7.89. The van der Waals surface area contributed by atoms with Gasteiger partial charge in [0.05, 0.1) is 17.8 Å². The molecule has 0 aromatic carbocycles. The smallest absolute Gasteiger partial charge is 0.335 e. The Bertz CT molecular complexity index is 347. The Balaban J connectivity index is 2.29. The molecule has 0 saturated carbocycles. The van der Waals surface area contributed by atoms with Crippen LogP contribution in [-0.2, 0) is 9.53 Å². The van der Waals surface area contributed by atoms with Gasteiger partial charge in [-0.2, -0.15) is 0 Å². The van der Waals surface area contributed by atoms with Crippen molar-refractivity contribution in [3.05, 3.63) is 23.5 Å². The fourth-order valence-electron chi connectivity index (χ4n) is 2.19. The second kappa shape index (κ2) is 3.66. The summed E-state index contributed by atoms with van der Waals surface area (Å²) in [5, 5.41) is 18.4. The number of carbonyl (C=O) groups is 1. The Morgan fingerprint density at radius 2 is 2.40 bits per heavy atom. The zero-order valence-electron chi connectivity index (χ0n) is 7.89. The average molecular weight is 214 g/mol. The minimum absolute atomic E-state index is 0.102. The van der Waals surface area contributed by atoms with Crippen molar-refractivity contribution in [3.63, 3.8) is 0 Å². The molecule has 0 fully saturated rings. The third-order valence-electron chi connectivity index (χ3n) is 2.94. The number of fused-ring (bicyclic) bond motifs is 1. The van der Waals surface area contributed by atoms with Crippen LogP contribution in [0.1, 0.15) is 6.42 Å². The fraction of sp³-hybridized carbons (Fsp3) is 0.500. The molecular weight excluding hydrogens is 203 g/mol. The van der Waals surface area contributed by atoms with Crippen LogP contribution in [0.3, 0.4) is 0 Å². The largest absolute Gasteiger partial charge is 0.478 e. The van der Waals surface area contributed by atoms with Gasteiger partial charge in [0.25, 0.3) is 0 Å². The molecule has 5 heteroatoms. The van der Waals surface area contributed by atoms with E-state index < -0.39 is 24.9 Å². The fourth-order valence-corrected chi connectivity index (χ4v) is 2.19. The normalized spacial score (nSPS) is 33.9. The Kier molecular flexibility index (Phi) is 2.48. The maximum Gasteiger partial charge on any atom is 0.335 e. The molecule has 0 spiro atoms. The van der Waals surface area contributed by atoms with Crippen molar-refractivity contribution < 1.29 is 24.1 Å². The van der Waals surface area contributed by atoms with Crippen LogP contribution in [0.15, 0.2) is 23.5 Å². The number of aliphatic hydroxyl groups excluding tert-OH is 1. The van der Waals surface area contributed by atoms with Gasteiger partial charge in [-0.15, -0.1) is 0 Å². The van der Waals surface area contributed by atoms with E-state index >= 15 is 0 Å². The molecule has 4 nitrogen and oxygen atoms in total. The van der Waals surface area contributed by atoms with Crippen LogP contribution in [0.2, 0.25) is 0 Å². The van der Waals surface area contributed by atoms with Gasteiger partial charge in [-0.25, -0.2) is 9.18 Å². The summed E-state index contributed by atoms with van der Waals surface area (Å²) in [5.41, 5.74) is 0.532. The summed E-state index contributed by atoms with van der Waals surface area (Å²) in [6.07, 6.45) is 2.01. The highest BCUT2D eigenvalue weighted by atomic mass is 19.1. The number of aliphatic carboxylic acids is 1. The van der Waals surface area contributed by atoms with Gasteiger partial charge in [-0.1, -0.05) is 6.08 Å². The molecule has 3 atom stereocenters. The van der Waals surface area contributed by atoms with Crippen molar-refractivity contribution in [1.82, 2.24) is 0 Å². The summed E-state index contributed by atoms with van der Waals surface area (Å²) >= 11 is 0. The molecule has 1 unspecified atom stereocenters. The molecule has 0 radical (unpaired) electrons. The van der Waals surface area contributed by atoms with E-state index in [-0.39, 0.29) is 11.5 Å². The van der Waals surface area contributed by atoms with E-state index in [1.54, 1.807) is 6.08 Å². The van der Waals surface area contributed by atoms with Crippen LogP contribution in [0.25, 0.3) is 0 Å². The van der Waals surface area contributed by atoms with Gasteiger partial charge in [0.15, 0.2) is 0 Å². The van der Waals surface area contributed by atoms with Gasteiger partial charge in [0.2, 0.25) is 6.29 Å². The van der Waals surface area contributed by atoms with Crippen molar-refractivity contribution in [2.45, 2.75) is 12.7 Å². The van der Waals surface area contributed by atoms with Crippen LogP contribution in [0.5, 0.6) is 0 Å². The first kappa shape index (κ1) is 10.2. The van der Waals surface area contributed by atoms with E-state index in [0.29, 0.717) is 12.0 Å². The third-order valence-corrected chi connectivity index (χ3v) is 2.94. The number of ether oxygens (including phenoxy) is 1. The highest BCUT2D eigenvalue weighted by molar-refractivity contribution is 5.87. The first-order valence-corrected chi connectivity index (χ1v) is 4.67. The molecule has 1 aliphatic heterocycles. The summed E-state index contributed by atoms with van der Waals surface area (Å²) in [6, 6.07) is 0. The van der Waals surface area contributed by atoms with Crippen molar-refractivity contribution in [2.24, 2.45) is 11.8 Å². The molecule has 0 bridgehead atoms. The van der Waals surface area contributed by atoms with Gasteiger partial charge in [-0.05, 0) is 12.0 Å². The number of carboxylic acids is 1. The Hall–Kier alpha value is -1.36. The monoisotopic (exact) mass is 214 g/mol. The van der Waals surface area contributed by atoms with Crippen LogP contribution in [0, 0.1) is 11.8 Å². The van der Waals surface area contributed by atoms with E-state index in [1.165, 1.54) is 0 Å². The predicted molar refractivity (Wildman–Crippen MR) is 48.5 cm³/mol. The molecule has 0 amide bonds. The number of aliphatic hydroxyl groups is 1. The molecule has 1 heterocycles. The lowest BCUT2D eigenvalue weighted by molar-refractivity contribution is -0.138. The highest BCUT2D eigenvalue weighted by Gasteiger charge is 2.43. The first-order chi connectivity index (χ1) is 7.15. The number of alkyl halides is 1. The van der Waals surface area contributed by atoms with Gasteiger partial charge < -0.3 is 14.9 Å². The summed E-state index contributed by atoms with van der Waals surface area (Å²) in [6.45, 7) is -0.672. The maximum absolute atomic E-state index is 12.6. The molecule has 15 heavy (non-hydrogen) atoms. The molecule has 2 rings (SSSR count). The van der Waals surface area contributed by atoms with Crippen LogP contribution >= 0.6 is 0 Å². The summed E-state index contributed by atoms with van der Waals surface area (Å²) in [5.74, 6) is -1.99. The predicted octanol–water partition coefficient (Wildman–Crippen LogP) is 0.836. The Morgan fingerprint density at radius 1 is 1.67 bits per heavy atom. The van der Waals surface area contributed by atoms with E-state index in [1.807, 2.05) is 0 Å². The molecular formula is C10H11FO4. The van der Waals surface area contributed by atoms with Gasteiger partial charge in [-0.3, -0.25) is 0 Å². The number of hydrogen-bond donors (Lipinski definition) is 2. The lowest BCUT2D eigenvalue weighted by Crippen LogP contribution is -2.35. The van der Waals surface area contributed by atoms with Crippen molar-refractivity contribution in [1.29, 1.82) is 0 Å². The summed E-state index contributed by atoms with van der Waals surface area (Å²) in [7, 11) is 0. The number of halogens is 1. The minimum atomic E-state index is -1.14. The molecule has 2 aliphatic rings. The van der Waals surface area contributed by atoms with Gasteiger partial charge in [0.1, 0.15) is 6.67 Å². The number of hydrogen-bond acceptors (Lipinski definition) is 3. The SMILES string of the molecule is O=C(O)C1=COC(O)[C@H]2C(CF)=CC[C@H]12. The van der Waals surface area contributed by atoms with E-state index in [2.05, 4.69) is 0 Å². The van der Waals surface area contributed by atoms with Crippen molar-refractivity contribution >= 4 is 5.97 Å². The van der Waals surface area contributed by atoms with Crippen LogP contribution in [-0.4, -0.2) is 29.1 Å². The molecule has 0 aromatic rings. The molecule has 0 aromatic heterocycles. The van der Waals surface area contributed by atoms with Gasteiger partial charge >= 0.3 is 5.97 Å². The quantitative estimate of drug-likeness (QED) is 0.668. The van der Waals surface area contributed by atoms with E-state index in [4.69, 9.17) is 9.84 Å². The second-order valence-electron chi connectivity index (χ2n) is 3.69. The van der Waals surface area contributed by atoms with Crippen LogP contribution in [0.4, 0.5) is 4.39 Å². The molecule has 0 saturated heterocycles. The van der Waals surface area contributed by atoms with Crippen molar-refractivity contribution in [3.8, 4) is 0 Å². The third kappa shape index (κ3) is 1.52. The first-order valence-electron chi connectivity index (χ1n) is 4.67. The molecule has 82 valence electrons. The minimum Gasteiger partial charge on any atom is -0.478 e. The van der Waals surface area contributed by atoms with E-state index in [0.717, 1.165) is 6.26 Å². The molecule has 1 aliphatic carbocycles. The van der Waals surface area contributed by atoms with Gasteiger partial charge in [0, 0.05) is 5.92 Å². The average Bonchev–Trinajstić information content (AvgIpc) is 2.62. The topological polar surface area (TPSA) is 66.8 Å². The highest BCUT2D eigenvalue weighted by Crippen LogP contribution is 2.42. The number of rotatable bonds is 2. The summed E-state index contributed by atoms with van der Waals surface area (Å²) < 4.78 is 17.4.